The number of carbonyl (C=O) groups is 1. The third-order valence-electron chi connectivity index (χ3n) is 5.80. The van der Waals surface area contributed by atoms with Crippen LogP contribution in [0.15, 0.2) is 6.20 Å². The highest BCUT2D eigenvalue weighted by atomic mass is 35.5. The van der Waals surface area contributed by atoms with Crippen LogP contribution in [0.25, 0.3) is 0 Å². The summed E-state index contributed by atoms with van der Waals surface area (Å²) in [5.74, 6) is -0.956. The summed E-state index contributed by atoms with van der Waals surface area (Å²) in [6.45, 7) is 0. The standard InChI is InChI=1S/C18H24ClF4N3O/c1-26-8-12(16(25-26)17(22)23)18(27)24-15-5-3-10(20)7-11(15)9-2-4-13(19)14(21)6-9/h8-11,13-15,17H,2-7H2,1H3,(H,24,27). The van der Waals surface area contributed by atoms with Gasteiger partial charge in [0.2, 0.25) is 0 Å². The third kappa shape index (κ3) is 4.58. The Labute approximate surface area is 160 Å². The van der Waals surface area contributed by atoms with E-state index < -0.39 is 35.7 Å². The number of hydrogen-bond donors (Lipinski definition) is 1. The maximum Gasteiger partial charge on any atom is 0.282 e. The number of halogens is 5. The van der Waals surface area contributed by atoms with E-state index in [9.17, 15) is 22.4 Å². The molecule has 1 aromatic rings. The van der Waals surface area contributed by atoms with Gasteiger partial charge in [0.1, 0.15) is 18.0 Å². The van der Waals surface area contributed by atoms with E-state index in [0.717, 1.165) is 0 Å². The minimum atomic E-state index is -2.87. The Hall–Kier alpha value is -1.31. The molecule has 3 rings (SSSR count). The second-order valence-electron chi connectivity index (χ2n) is 7.66. The lowest BCUT2D eigenvalue weighted by Gasteiger charge is -2.41. The van der Waals surface area contributed by atoms with Gasteiger partial charge in [0.05, 0.1) is 10.9 Å². The van der Waals surface area contributed by atoms with Crippen molar-refractivity contribution in [1.29, 1.82) is 0 Å². The summed E-state index contributed by atoms with van der Waals surface area (Å²) in [5.41, 5.74) is -0.751. The highest BCUT2D eigenvalue weighted by molar-refractivity contribution is 6.21. The van der Waals surface area contributed by atoms with Gasteiger partial charge in [-0.25, -0.2) is 17.6 Å². The lowest BCUT2D eigenvalue weighted by atomic mass is 9.70. The number of alkyl halides is 5. The number of nitrogens with zero attached hydrogens (tertiary/aromatic N) is 2. The van der Waals surface area contributed by atoms with Crippen LogP contribution in [0.2, 0.25) is 0 Å². The van der Waals surface area contributed by atoms with Gasteiger partial charge in [-0.05, 0) is 50.4 Å². The zero-order valence-corrected chi connectivity index (χ0v) is 15.8. The van der Waals surface area contributed by atoms with Gasteiger partial charge in [-0.3, -0.25) is 9.48 Å². The minimum absolute atomic E-state index is 0.0812. The van der Waals surface area contributed by atoms with E-state index in [4.69, 9.17) is 11.6 Å². The summed E-state index contributed by atoms with van der Waals surface area (Å²) in [6, 6.07) is -0.376. The van der Waals surface area contributed by atoms with E-state index in [1.54, 1.807) is 0 Å². The van der Waals surface area contributed by atoms with Crippen LogP contribution in [0.5, 0.6) is 0 Å². The summed E-state index contributed by atoms with van der Waals surface area (Å²) < 4.78 is 55.5. The molecule has 0 spiro atoms. The summed E-state index contributed by atoms with van der Waals surface area (Å²) in [5, 5.41) is 5.91. The highest BCUT2D eigenvalue weighted by Gasteiger charge is 2.41. The molecule has 1 N–H and O–H groups in total. The number of amides is 1. The van der Waals surface area contributed by atoms with Gasteiger partial charge >= 0.3 is 0 Å². The van der Waals surface area contributed by atoms with E-state index in [-0.39, 0.29) is 36.3 Å². The first kappa shape index (κ1) is 20.4. The SMILES string of the molecule is Cn1cc(C(=O)NC2CCC(F)CC2C2CCC(Cl)C(F)C2)c(C(F)F)n1. The van der Waals surface area contributed by atoms with Crippen LogP contribution in [0, 0.1) is 11.8 Å². The van der Waals surface area contributed by atoms with E-state index >= 15 is 0 Å². The van der Waals surface area contributed by atoms with Gasteiger partial charge < -0.3 is 5.32 Å². The predicted molar refractivity (Wildman–Crippen MR) is 93.5 cm³/mol. The molecule has 0 aliphatic heterocycles. The first-order chi connectivity index (χ1) is 12.8. The summed E-state index contributed by atoms with van der Waals surface area (Å²) >= 11 is 5.95. The van der Waals surface area contributed by atoms with Crippen molar-refractivity contribution in [1.82, 2.24) is 15.1 Å². The number of nitrogens with one attached hydrogen (secondary N) is 1. The van der Waals surface area contributed by atoms with Crippen molar-refractivity contribution in [2.75, 3.05) is 0 Å². The van der Waals surface area contributed by atoms with Crippen LogP contribution in [0.4, 0.5) is 17.6 Å². The lowest BCUT2D eigenvalue weighted by Crippen LogP contribution is -2.48. The van der Waals surface area contributed by atoms with Crippen molar-refractivity contribution in [3.05, 3.63) is 17.5 Å². The molecule has 9 heteroatoms. The van der Waals surface area contributed by atoms with Gasteiger partial charge in [-0.2, -0.15) is 5.10 Å². The van der Waals surface area contributed by atoms with Crippen molar-refractivity contribution >= 4 is 17.5 Å². The first-order valence-corrected chi connectivity index (χ1v) is 9.74. The predicted octanol–water partition coefficient (Wildman–Crippen LogP) is 4.34. The summed E-state index contributed by atoms with van der Waals surface area (Å²) in [7, 11) is 1.46. The molecule has 152 valence electrons. The Morgan fingerprint density at radius 2 is 2.00 bits per heavy atom. The lowest BCUT2D eigenvalue weighted by molar-refractivity contribution is 0.0643. The Balaban J connectivity index is 1.74. The molecule has 4 nitrogen and oxygen atoms in total. The first-order valence-electron chi connectivity index (χ1n) is 9.31. The Kier molecular flexibility index (Phi) is 6.33. The van der Waals surface area contributed by atoms with Gasteiger partial charge in [0, 0.05) is 19.3 Å². The molecule has 6 unspecified atom stereocenters. The van der Waals surface area contributed by atoms with E-state index in [2.05, 4.69) is 10.4 Å². The average Bonchev–Trinajstić information content (AvgIpc) is 3.01. The fraction of sp³-hybridized carbons (Fsp3) is 0.778. The second kappa shape index (κ2) is 8.37. The van der Waals surface area contributed by atoms with Gasteiger partial charge in [0.15, 0.2) is 0 Å². The molecule has 0 aromatic carbocycles. The van der Waals surface area contributed by atoms with E-state index in [0.29, 0.717) is 25.7 Å². The van der Waals surface area contributed by atoms with Crippen molar-refractivity contribution < 1.29 is 22.4 Å². The second-order valence-corrected chi connectivity index (χ2v) is 8.22. The molecule has 2 aliphatic rings. The Morgan fingerprint density at radius 3 is 2.67 bits per heavy atom. The van der Waals surface area contributed by atoms with E-state index in [1.807, 2.05) is 0 Å². The molecule has 1 aromatic heterocycles. The van der Waals surface area contributed by atoms with Crippen LogP contribution in [-0.4, -0.2) is 39.4 Å². The van der Waals surface area contributed by atoms with Crippen LogP contribution < -0.4 is 5.32 Å². The van der Waals surface area contributed by atoms with E-state index in [1.165, 1.54) is 17.9 Å². The van der Waals surface area contributed by atoms with Crippen LogP contribution >= 0.6 is 11.6 Å². The molecule has 6 atom stereocenters. The molecule has 2 saturated carbocycles. The molecule has 1 amide bonds. The molecular formula is C18H24ClF4N3O. The van der Waals surface area contributed by atoms with Crippen molar-refractivity contribution in [3.63, 3.8) is 0 Å². The Morgan fingerprint density at radius 1 is 1.26 bits per heavy atom. The number of aryl methyl sites for hydroxylation is 1. The minimum Gasteiger partial charge on any atom is -0.349 e. The van der Waals surface area contributed by atoms with Gasteiger partial charge in [0.25, 0.3) is 12.3 Å². The summed E-state index contributed by atoms with van der Waals surface area (Å²) in [4.78, 5) is 12.6. The topological polar surface area (TPSA) is 46.9 Å². The number of hydrogen-bond acceptors (Lipinski definition) is 2. The number of rotatable bonds is 4. The zero-order valence-electron chi connectivity index (χ0n) is 15.1. The monoisotopic (exact) mass is 409 g/mol. The van der Waals surface area contributed by atoms with Gasteiger partial charge in [-0.15, -0.1) is 11.6 Å². The zero-order chi connectivity index (χ0) is 19.7. The number of aromatic nitrogens is 2. The maximum atomic E-state index is 14.1. The average molecular weight is 410 g/mol. The maximum absolute atomic E-state index is 14.1. The highest BCUT2D eigenvalue weighted by Crippen LogP contribution is 2.41. The molecule has 2 aliphatic carbocycles. The quantitative estimate of drug-likeness (QED) is 0.594. The molecular weight excluding hydrogens is 386 g/mol. The fourth-order valence-electron chi connectivity index (χ4n) is 4.44. The fourth-order valence-corrected chi connectivity index (χ4v) is 4.67. The molecule has 27 heavy (non-hydrogen) atoms. The Bertz CT molecular complexity index is 671. The van der Waals surface area contributed by atoms with Crippen LogP contribution in [0.1, 0.15) is 61.0 Å². The van der Waals surface area contributed by atoms with Crippen LogP contribution in [-0.2, 0) is 7.05 Å². The summed E-state index contributed by atoms with van der Waals surface area (Å²) in [6.07, 6.45) is -1.39. The molecule has 2 fully saturated rings. The number of carbonyl (C=O) groups excluding carboxylic acids is 1. The molecule has 1 heterocycles. The molecule has 0 bridgehead atoms. The normalized spacial score (nSPS) is 34.6. The van der Waals surface area contributed by atoms with Crippen LogP contribution in [0.3, 0.4) is 0 Å². The van der Waals surface area contributed by atoms with Crippen molar-refractivity contribution in [2.45, 2.75) is 68.7 Å². The largest absolute Gasteiger partial charge is 0.349 e. The molecule has 0 saturated heterocycles. The molecule has 0 radical (unpaired) electrons. The van der Waals surface area contributed by atoms with Crippen molar-refractivity contribution in [3.8, 4) is 0 Å². The van der Waals surface area contributed by atoms with Gasteiger partial charge in [-0.1, -0.05) is 0 Å². The smallest absolute Gasteiger partial charge is 0.282 e. The van der Waals surface area contributed by atoms with Crippen molar-refractivity contribution in [2.24, 2.45) is 18.9 Å². The third-order valence-corrected chi connectivity index (χ3v) is 6.29.